The maximum atomic E-state index is 12.8. The van der Waals surface area contributed by atoms with Crippen LogP contribution in [-0.2, 0) is 9.59 Å². The SMILES string of the molecule is CC1=CC[C@H]2C(=O)N(c3ccc(C(=O)Nc4ccc(I)cc4)cc3)C(=O)[C@@H]2C1. The van der Waals surface area contributed by atoms with Gasteiger partial charge < -0.3 is 5.32 Å². The number of hydrogen-bond donors (Lipinski definition) is 1. The molecule has 0 bridgehead atoms. The van der Waals surface area contributed by atoms with Gasteiger partial charge in [0.2, 0.25) is 11.8 Å². The Balaban J connectivity index is 1.50. The van der Waals surface area contributed by atoms with E-state index in [1.807, 2.05) is 37.3 Å². The standard InChI is InChI=1S/C22H19IN2O3/c1-13-2-11-18-19(12-13)22(28)25(21(18)27)17-9-3-14(4-10-17)20(26)24-16-7-5-15(23)6-8-16/h2-10,18-19H,11-12H2,1H3,(H,24,26)/t18-,19-/m1/s1. The van der Waals surface area contributed by atoms with Gasteiger partial charge in [0.25, 0.3) is 5.91 Å². The normalized spacial score (nSPS) is 21.4. The first-order valence-electron chi connectivity index (χ1n) is 9.14. The van der Waals surface area contributed by atoms with Gasteiger partial charge in [-0.3, -0.25) is 19.3 Å². The van der Waals surface area contributed by atoms with Crippen molar-refractivity contribution in [1.82, 2.24) is 0 Å². The minimum Gasteiger partial charge on any atom is -0.322 e. The highest BCUT2D eigenvalue weighted by molar-refractivity contribution is 14.1. The maximum Gasteiger partial charge on any atom is 0.255 e. The van der Waals surface area contributed by atoms with Crippen LogP contribution in [0.3, 0.4) is 0 Å². The molecule has 1 aliphatic carbocycles. The summed E-state index contributed by atoms with van der Waals surface area (Å²) in [6.07, 6.45) is 3.31. The van der Waals surface area contributed by atoms with Gasteiger partial charge in [-0.05, 0) is 90.9 Å². The fourth-order valence-corrected chi connectivity index (χ4v) is 4.15. The number of hydrogen-bond acceptors (Lipinski definition) is 3. The third-order valence-corrected chi connectivity index (χ3v) is 6.03. The fraction of sp³-hybridized carbons (Fsp3) is 0.227. The van der Waals surface area contributed by atoms with Crippen LogP contribution in [0.15, 0.2) is 60.2 Å². The number of nitrogens with zero attached hydrogens (tertiary/aromatic N) is 1. The second-order valence-corrected chi connectivity index (χ2v) is 8.47. The van der Waals surface area contributed by atoms with Crippen LogP contribution in [-0.4, -0.2) is 17.7 Å². The Morgan fingerprint density at radius 1 is 1.00 bits per heavy atom. The van der Waals surface area contributed by atoms with Crippen LogP contribution in [0.5, 0.6) is 0 Å². The first kappa shape index (κ1) is 18.9. The van der Waals surface area contributed by atoms with E-state index < -0.39 is 0 Å². The smallest absolute Gasteiger partial charge is 0.255 e. The van der Waals surface area contributed by atoms with E-state index in [0.29, 0.717) is 29.8 Å². The molecule has 2 atom stereocenters. The number of rotatable bonds is 3. The van der Waals surface area contributed by atoms with Crippen LogP contribution in [0.2, 0.25) is 0 Å². The van der Waals surface area contributed by atoms with Gasteiger partial charge >= 0.3 is 0 Å². The number of anilines is 2. The molecule has 6 heteroatoms. The zero-order chi connectivity index (χ0) is 19.8. The van der Waals surface area contributed by atoms with Crippen LogP contribution in [0.1, 0.15) is 30.1 Å². The third-order valence-electron chi connectivity index (χ3n) is 5.31. The minimum absolute atomic E-state index is 0.140. The van der Waals surface area contributed by atoms with Gasteiger partial charge in [-0.15, -0.1) is 0 Å². The molecule has 5 nitrogen and oxygen atoms in total. The van der Waals surface area contributed by atoms with Crippen LogP contribution in [0, 0.1) is 15.4 Å². The lowest BCUT2D eigenvalue weighted by molar-refractivity contribution is -0.122. The topological polar surface area (TPSA) is 66.5 Å². The summed E-state index contributed by atoms with van der Waals surface area (Å²) in [5.74, 6) is -1.05. The van der Waals surface area contributed by atoms with Crippen LogP contribution in [0.4, 0.5) is 11.4 Å². The summed E-state index contributed by atoms with van der Waals surface area (Å²) in [4.78, 5) is 39.2. The molecule has 142 valence electrons. The van der Waals surface area contributed by atoms with Crippen LogP contribution < -0.4 is 10.2 Å². The maximum absolute atomic E-state index is 12.8. The fourth-order valence-electron chi connectivity index (χ4n) is 3.79. The number of nitrogens with one attached hydrogen (secondary N) is 1. The first-order valence-corrected chi connectivity index (χ1v) is 10.2. The number of carbonyl (C=O) groups excluding carboxylic acids is 3. The monoisotopic (exact) mass is 486 g/mol. The van der Waals surface area contributed by atoms with Crippen molar-refractivity contribution >= 4 is 51.7 Å². The van der Waals surface area contributed by atoms with Gasteiger partial charge in [0.15, 0.2) is 0 Å². The quantitative estimate of drug-likeness (QED) is 0.398. The van der Waals surface area contributed by atoms with Crippen molar-refractivity contribution in [3.05, 3.63) is 69.3 Å². The summed E-state index contributed by atoms with van der Waals surface area (Å²) < 4.78 is 1.09. The Morgan fingerprint density at radius 2 is 1.64 bits per heavy atom. The van der Waals surface area contributed by atoms with Crippen molar-refractivity contribution in [3.63, 3.8) is 0 Å². The van der Waals surface area contributed by atoms with Crippen molar-refractivity contribution in [2.45, 2.75) is 19.8 Å². The zero-order valence-electron chi connectivity index (χ0n) is 15.3. The Kier molecular flexibility index (Phi) is 5.05. The van der Waals surface area contributed by atoms with Crippen molar-refractivity contribution in [3.8, 4) is 0 Å². The van der Waals surface area contributed by atoms with Crippen LogP contribution in [0.25, 0.3) is 0 Å². The molecular weight excluding hydrogens is 467 g/mol. The lowest BCUT2D eigenvalue weighted by Gasteiger charge is -2.18. The number of benzene rings is 2. The number of carbonyl (C=O) groups is 3. The van der Waals surface area contributed by atoms with Crippen molar-refractivity contribution < 1.29 is 14.4 Å². The molecule has 1 heterocycles. The predicted molar refractivity (Wildman–Crippen MR) is 116 cm³/mol. The van der Waals surface area contributed by atoms with Gasteiger partial charge in [-0.1, -0.05) is 11.6 Å². The highest BCUT2D eigenvalue weighted by atomic mass is 127. The molecule has 3 amide bonds. The molecule has 2 aliphatic rings. The summed E-state index contributed by atoms with van der Waals surface area (Å²) in [6.45, 7) is 2.00. The molecule has 0 unspecified atom stereocenters. The van der Waals surface area contributed by atoms with Gasteiger partial charge in [-0.25, -0.2) is 0 Å². The zero-order valence-corrected chi connectivity index (χ0v) is 17.5. The van der Waals surface area contributed by atoms with Gasteiger partial charge in [0, 0.05) is 14.8 Å². The largest absolute Gasteiger partial charge is 0.322 e. The summed E-state index contributed by atoms with van der Waals surface area (Å²) >= 11 is 2.20. The molecule has 4 rings (SSSR count). The number of amides is 3. The summed E-state index contributed by atoms with van der Waals surface area (Å²) in [6, 6.07) is 14.1. The van der Waals surface area contributed by atoms with E-state index in [0.717, 1.165) is 9.14 Å². The number of imide groups is 1. The van der Waals surface area contributed by atoms with E-state index in [4.69, 9.17) is 0 Å². The number of halogens is 1. The molecule has 0 saturated carbocycles. The molecule has 0 aromatic heterocycles. The Labute approximate surface area is 176 Å². The van der Waals surface area contributed by atoms with E-state index in [1.165, 1.54) is 4.90 Å². The molecular formula is C22H19IN2O3. The summed E-state index contributed by atoms with van der Waals surface area (Å²) in [5.41, 5.74) is 2.86. The molecule has 0 spiro atoms. The van der Waals surface area contributed by atoms with Gasteiger partial charge in [0.05, 0.1) is 17.5 Å². The number of fused-ring (bicyclic) bond motifs is 1. The average molecular weight is 486 g/mol. The molecule has 1 saturated heterocycles. The van der Waals surface area contributed by atoms with Gasteiger partial charge in [0.1, 0.15) is 0 Å². The lowest BCUT2D eigenvalue weighted by atomic mass is 9.82. The second kappa shape index (κ2) is 7.50. The first-order chi connectivity index (χ1) is 13.4. The molecule has 1 N–H and O–H groups in total. The van der Waals surface area contributed by atoms with E-state index in [-0.39, 0.29) is 29.6 Å². The van der Waals surface area contributed by atoms with Crippen LogP contribution >= 0.6 is 22.6 Å². The predicted octanol–water partition coefficient (Wildman–Crippen LogP) is 4.39. The lowest BCUT2D eigenvalue weighted by Crippen LogP contribution is -2.30. The summed E-state index contributed by atoms with van der Waals surface area (Å²) in [5, 5.41) is 2.84. The highest BCUT2D eigenvalue weighted by Crippen LogP contribution is 2.39. The molecule has 28 heavy (non-hydrogen) atoms. The van der Waals surface area contributed by atoms with Crippen molar-refractivity contribution in [2.24, 2.45) is 11.8 Å². The van der Waals surface area contributed by atoms with E-state index >= 15 is 0 Å². The molecule has 1 aliphatic heterocycles. The number of allylic oxidation sites excluding steroid dienone is 2. The Hall–Kier alpha value is -2.48. The summed E-state index contributed by atoms with van der Waals surface area (Å²) in [7, 11) is 0. The average Bonchev–Trinajstić information content (AvgIpc) is 2.93. The minimum atomic E-state index is -0.264. The molecule has 2 aromatic carbocycles. The molecule has 0 radical (unpaired) electrons. The molecule has 1 fully saturated rings. The molecule has 2 aromatic rings. The van der Waals surface area contributed by atoms with E-state index in [2.05, 4.69) is 27.9 Å². The van der Waals surface area contributed by atoms with Gasteiger partial charge in [-0.2, -0.15) is 0 Å². The van der Waals surface area contributed by atoms with Crippen molar-refractivity contribution in [2.75, 3.05) is 10.2 Å². The van der Waals surface area contributed by atoms with Crippen molar-refractivity contribution in [1.29, 1.82) is 0 Å². The third kappa shape index (κ3) is 3.48. The van der Waals surface area contributed by atoms with E-state index in [1.54, 1.807) is 24.3 Å². The Bertz CT molecular complexity index is 980. The second-order valence-electron chi connectivity index (χ2n) is 7.22. The van der Waals surface area contributed by atoms with E-state index in [9.17, 15) is 14.4 Å². The highest BCUT2D eigenvalue weighted by Gasteiger charge is 2.48. The Morgan fingerprint density at radius 3 is 2.32 bits per heavy atom.